The Morgan fingerprint density at radius 3 is 2.50 bits per heavy atom. The van der Waals surface area contributed by atoms with E-state index in [1.54, 1.807) is 0 Å². The van der Waals surface area contributed by atoms with Gasteiger partial charge in [0.25, 0.3) is 0 Å². The fourth-order valence-corrected chi connectivity index (χ4v) is 2.23. The van der Waals surface area contributed by atoms with Crippen LogP contribution in [0.3, 0.4) is 0 Å². The van der Waals surface area contributed by atoms with Crippen LogP contribution in [-0.4, -0.2) is 12.6 Å². The van der Waals surface area contributed by atoms with Crippen LogP contribution in [-0.2, 0) is 14.9 Å². The van der Waals surface area contributed by atoms with Gasteiger partial charge in [-0.15, -0.1) is 0 Å². The molecular weight excluding hydrogens is 200 g/mol. The highest BCUT2D eigenvalue weighted by atomic mass is 16.5. The van der Waals surface area contributed by atoms with Gasteiger partial charge in [-0.05, 0) is 24.8 Å². The zero-order valence-electron chi connectivity index (χ0n) is 9.74. The number of rotatable bonds is 4. The molecule has 1 aliphatic rings. The van der Waals surface area contributed by atoms with Crippen molar-refractivity contribution in [2.75, 3.05) is 6.61 Å². The molecule has 0 heterocycles. The van der Waals surface area contributed by atoms with E-state index in [0.717, 1.165) is 31.2 Å². The second kappa shape index (κ2) is 4.69. The maximum Gasteiger partial charge on any atom is 0.316 e. The molecule has 0 unspecified atom stereocenters. The van der Waals surface area contributed by atoms with Gasteiger partial charge in [0.05, 0.1) is 12.0 Å². The van der Waals surface area contributed by atoms with Crippen molar-refractivity contribution in [1.82, 2.24) is 0 Å². The first kappa shape index (κ1) is 11.2. The Kier molecular flexibility index (Phi) is 3.28. The molecule has 0 amide bonds. The molecule has 0 spiro atoms. The van der Waals surface area contributed by atoms with Crippen LogP contribution < -0.4 is 0 Å². The predicted molar refractivity (Wildman–Crippen MR) is 63.2 cm³/mol. The average Bonchev–Trinajstić information content (AvgIpc) is 2.26. The Morgan fingerprint density at radius 1 is 1.31 bits per heavy atom. The highest BCUT2D eigenvalue weighted by Gasteiger charge is 2.46. The van der Waals surface area contributed by atoms with Crippen LogP contribution in [0.4, 0.5) is 0 Å². The summed E-state index contributed by atoms with van der Waals surface area (Å²) in [6, 6.07) is 10.0. The molecule has 2 nitrogen and oxygen atoms in total. The first-order valence-electron chi connectivity index (χ1n) is 6.02. The molecule has 2 heteroatoms. The topological polar surface area (TPSA) is 26.3 Å². The third-order valence-corrected chi connectivity index (χ3v) is 3.36. The van der Waals surface area contributed by atoms with Gasteiger partial charge in [0.2, 0.25) is 0 Å². The third kappa shape index (κ3) is 1.84. The van der Waals surface area contributed by atoms with Gasteiger partial charge in [0.15, 0.2) is 0 Å². The van der Waals surface area contributed by atoms with Crippen molar-refractivity contribution in [3.8, 4) is 0 Å². The summed E-state index contributed by atoms with van der Waals surface area (Å²) in [6.45, 7) is 2.55. The van der Waals surface area contributed by atoms with Crippen LogP contribution in [0.5, 0.6) is 0 Å². The Bertz CT molecular complexity index is 352. The van der Waals surface area contributed by atoms with E-state index in [9.17, 15) is 4.79 Å². The third-order valence-electron chi connectivity index (χ3n) is 3.36. The number of hydrogen-bond acceptors (Lipinski definition) is 2. The molecule has 0 bridgehead atoms. The van der Waals surface area contributed by atoms with E-state index in [0.29, 0.717) is 6.61 Å². The van der Waals surface area contributed by atoms with E-state index in [-0.39, 0.29) is 11.4 Å². The lowest BCUT2D eigenvalue weighted by Gasteiger charge is -2.39. The second-order valence-electron chi connectivity index (χ2n) is 4.44. The minimum absolute atomic E-state index is 0.0354. The van der Waals surface area contributed by atoms with E-state index < -0.39 is 0 Å². The van der Waals surface area contributed by atoms with Crippen molar-refractivity contribution in [2.24, 2.45) is 0 Å². The molecule has 0 aromatic heterocycles. The Morgan fingerprint density at radius 2 is 2.00 bits per heavy atom. The lowest BCUT2D eigenvalue weighted by atomic mass is 9.64. The summed E-state index contributed by atoms with van der Waals surface area (Å²) in [6.07, 6.45) is 3.87. The van der Waals surface area contributed by atoms with Gasteiger partial charge < -0.3 is 4.74 Å². The Hall–Kier alpha value is -1.31. The van der Waals surface area contributed by atoms with Crippen LogP contribution in [0.25, 0.3) is 0 Å². The fourth-order valence-electron chi connectivity index (χ4n) is 2.23. The molecule has 86 valence electrons. The van der Waals surface area contributed by atoms with Crippen molar-refractivity contribution in [2.45, 2.75) is 38.0 Å². The lowest BCUT2D eigenvalue weighted by molar-refractivity contribution is -0.154. The molecule has 0 N–H and O–H groups in total. The van der Waals surface area contributed by atoms with Crippen molar-refractivity contribution in [3.05, 3.63) is 35.9 Å². The molecule has 16 heavy (non-hydrogen) atoms. The monoisotopic (exact) mass is 218 g/mol. The zero-order chi connectivity index (χ0) is 11.4. The zero-order valence-corrected chi connectivity index (χ0v) is 9.74. The minimum Gasteiger partial charge on any atom is -0.465 e. The normalized spacial score (nSPS) is 17.6. The maximum absolute atomic E-state index is 12.1. The number of carbonyl (C=O) groups is 1. The standard InChI is InChI=1S/C14H18O2/c1-2-11-16-13(15)14(9-6-10-14)12-7-4-3-5-8-12/h3-5,7-8H,2,6,9-11H2,1H3. The summed E-state index contributed by atoms with van der Waals surface area (Å²) < 4.78 is 5.31. The summed E-state index contributed by atoms with van der Waals surface area (Å²) in [5, 5.41) is 0. The van der Waals surface area contributed by atoms with E-state index in [2.05, 4.69) is 0 Å². The molecule has 0 radical (unpaired) electrons. The van der Waals surface area contributed by atoms with Gasteiger partial charge in [-0.3, -0.25) is 4.79 Å². The van der Waals surface area contributed by atoms with E-state index in [1.165, 1.54) is 0 Å². The average molecular weight is 218 g/mol. The van der Waals surface area contributed by atoms with Crippen molar-refractivity contribution >= 4 is 5.97 Å². The van der Waals surface area contributed by atoms with Crippen LogP contribution >= 0.6 is 0 Å². The van der Waals surface area contributed by atoms with Gasteiger partial charge in [-0.25, -0.2) is 0 Å². The van der Waals surface area contributed by atoms with Gasteiger partial charge in [0.1, 0.15) is 0 Å². The van der Waals surface area contributed by atoms with Gasteiger partial charge in [-0.2, -0.15) is 0 Å². The number of carbonyl (C=O) groups excluding carboxylic acids is 1. The molecule has 0 aliphatic heterocycles. The molecule has 1 saturated carbocycles. The Balaban J connectivity index is 2.17. The molecule has 1 fully saturated rings. The summed E-state index contributed by atoms with van der Waals surface area (Å²) in [4.78, 5) is 12.1. The fraction of sp³-hybridized carbons (Fsp3) is 0.500. The van der Waals surface area contributed by atoms with Gasteiger partial charge in [-0.1, -0.05) is 43.7 Å². The molecule has 1 aliphatic carbocycles. The lowest BCUT2D eigenvalue weighted by Crippen LogP contribution is -2.43. The summed E-state index contributed by atoms with van der Waals surface area (Å²) in [5.41, 5.74) is 0.776. The highest BCUT2D eigenvalue weighted by molar-refractivity contribution is 5.84. The quantitative estimate of drug-likeness (QED) is 0.726. The van der Waals surface area contributed by atoms with Gasteiger partial charge >= 0.3 is 5.97 Å². The first-order chi connectivity index (χ1) is 7.79. The van der Waals surface area contributed by atoms with E-state index in [4.69, 9.17) is 4.74 Å². The highest BCUT2D eigenvalue weighted by Crippen LogP contribution is 2.44. The summed E-state index contributed by atoms with van der Waals surface area (Å²) in [5.74, 6) is -0.0354. The van der Waals surface area contributed by atoms with Crippen LogP contribution in [0.2, 0.25) is 0 Å². The second-order valence-corrected chi connectivity index (χ2v) is 4.44. The number of ether oxygens (including phenoxy) is 1. The summed E-state index contributed by atoms with van der Waals surface area (Å²) >= 11 is 0. The van der Waals surface area contributed by atoms with Crippen LogP contribution in [0.15, 0.2) is 30.3 Å². The molecule has 0 atom stereocenters. The van der Waals surface area contributed by atoms with Crippen LogP contribution in [0, 0.1) is 0 Å². The van der Waals surface area contributed by atoms with Crippen molar-refractivity contribution in [1.29, 1.82) is 0 Å². The number of esters is 1. The maximum atomic E-state index is 12.1. The largest absolute Gasteiger partial charge is 0.465 e. The number of benzene rings is 1. The SMILES string of the molecule is CCCOC(=O)C1(c2ccccc2)CCC1. The van der Waals surface area contributed by atoms with Crippen molar-refractivity contribution in [3.63, 3.8) is 0 Å². The molecule has 0 saturated heterocycles. The first-order valence-corrected chi connectivity index (χ1v) is 6.02. The number of hydrogen-bond donors (Lipinski definition) is 0. The Labute approximate surface area is 96.6 Å². The molecule has 1 aromatic carbocycles. The molecule has 1 aromatic rings. The van der Waals surface area contributed by atoms with E-state index >= 15 is 0 Å². The predicted octanol–water partition coefficient (Wildman–Crippen LogP) is 3.06. The molecular formula is C14H18O2. The van der Waals surface area contributed by atoms with E-state index in [1.807, 2.05) is 37.3 Å². The smallest absolute Gasteiger partial charge is 0.316 e. The van der Waals surface area contributed by atoms with Crippen LogP contribution in [0.1, 0.15) is 38.2 Å². The van der Waals surface area contributed by atoms with Crippen molar-refractivity contribution < 1.29 is 9.53 Å². The minimum atomic E-state index is -0.337. The summed E-state index contributed by atoms with van der Waals surface area (Å²) in [7, 11) is 0. The molecule has 2 rings (SSSR count). The van der Waals surface area contributed by atoms with Gasteiger partial charge in [0, 0.05) is 0 Å².